The molecule has 0 spiro atoms. The molecule has 4 heteroatoms. The first kappa shape index (κ1) is 18.2. The van der Waals surface area contributed by atoms with Gasteiger partial charge in [0.2, 0.25) is 0 Å². The number of rotatable bonds is 6. The number of nitrogens with one attached hydrogen (secondary N) is 1. The fraction of sp³-hybridized carbons (Fsp3) is 0.318. The van der Waals surface area contributed by atoms with Crippen LogP contribution in [-0.2, 0) is 13.1 Å². The van der Waals surface area contributed by atoms with Gasteiger partial charge in [0.1, 0.15) is 5.75 Å². The number of benzene rings is 2. The molecule has 26 heavy (non-hydrogen) atoms. The molecule has 136 valence electrons. The number of para-hydroxylation sites is 1. The molecule has 0 amide bonds. The number of aromatic nitrogens is 2. The van der Waals surface area contributed by atoms with Crippen molar-refractivity contribution in [1.29, 1.82) is 0 Å². The standard InChI is InChI=1S/C22H27N3O/c1-15-11-19(12-16(2)22(15)26-5)13-23-14-21-17(3)24-25(18(21)4)20-9-7-6-8-10-20/h6-12,23H,13-14H2,1-5H3. The average Bonchev–Trinajstić information content (AvgIpc) is 2.90. The van der Waals surface area contributed by atoms with Crippen molar-refractivity contribution >= 4 is 0 Å². The monoisotopic (exact) mass is 349 g/mol. The summed E-state index contributed by atoms with van der Waals surface area (Å²) < 4.78 is 7.47. The van der Waals surface area contributed by atoms with Crippen LogP contribution in [0, 0.1) is 27.7 Å². The van der Waals surface area contributed by atoms with Gasteiger partial charge in [0.05, 0.1) is 18.5 Å². The van der Waals surface area contributed by atoms with E-state index in [1.807, 2.05) is 22.9 Å². The first-order valence-electron chi connectivity index (χ1n) is 8.96. The van der Waals surface area contributed by atoms with E-state index in [9.17, 15) is 0 Å². The maximum Gasteiger partial charge on any atom is 0.124 e. The van der Waals surface area contributed by atoms with Crippen LogP contribution >= 0.6 is 0 Å². The molecule has 0 aliphatic rings. The second kappa shape index (κ2) is 7.75. The SMILES string of the molecule is COc1c(C)cc(CNCc2c(C)nn(-c3ccccc3)c2C)cc1C. The second-order valence-corrected chi connectivity index (χ2v) is 6.76. The third kappa shape index (κ3) is 3.65. The first-order chi connectivity index (χ1) is 12.5. The summed E-state index contributed by atoms with van der Waals surface area (Å²) in [6.07, 6.45) is 0. The minimum absolute atomic E-state index is 0.800. The Balaban J connectivity index is 1.72. The number of methoxy groups -OCH3 is 1. The molecule has 0 unspecified atom stereocenters. The summed E-state index contributed by atoms with van der Waals surface area (Å²) in [7, 11) is 1.73. The zero-order valence-corrected chi connectivity index (χ0v) is 16.3. The summed E-state index contributed by atoms with van der Waals surface area (Å²) in [5.74, 6) is 0.976. The number of aryl methyl sites for hydroxylation is 3. The van der Waals surface area contributed by atoms with Gasteiger partial charge in [-0.2, -0.15) is 5.10 Å². The van der Waals surface area contributed by atoms with Crippen molar-refractivity contribution in [2.45, 2.75) is 40.8 Å². The van der Waals surface area contributed by atoms with E-state index in [1.54, 1.807) is 7.11 Å². The molecule has 0 atom stereocenters. The molecule has 0 aliphatic carbocycles. The fourth-order valence-electron chi connectivity index (χ4n) is 3.55. The Morgan fingerprint density at radius 3 is 2.23 bits per heavy atom. The molecule has 3 rings (SSSR count). The van der Waals surface area contributed by atoms with Crippen molar-refractivity contribution in [1.82, 2.24) is 15.1 Å². The molecule has 0 fully saturated rings. The molecule has 0 saturated heterocycles. The van der Waals surface area contributed by atoms with E-state index in [4.69, 9.17) is 9.84 Å². The molecule has 4 nitrogen and oxygen atoms in total. The quantitative estimate of drug-likeness (QED) is 0.717. The third-order valence-electron chi connectivity index (χ3n) is 4.80. The molecule has 0 aliphatic heterocycles. The topological polar surface area (TPSA) is 39.1 Å². The van der Waals surface area contributed by atoms with Crippen LogP contribution in [0.1, 0.15) is 33.6 Å². The molecule has 1 heterocycles. The number of nitrogens with zero attached hydrogens (tertiary/aromatic N) is 2. The Labute approximate surface area is 155 Å². The van der Waals surface area contributed by atoms with Gasteiger partial charge >= 0.3 is 0 Å². The smallest absolute Gasteiger partial charge is 0.124 e. The first-order valence-corrected chi connectivity index (χ1v) is 8.96. The molecule has 1 N–H and O–H groups in total. The van der Waals surface area contributed by atoms with Crippen LogP contribution in [0.15, 0.2) is 42.5 Å². The molecule has 1 aromatic heterocycles. The zero-order chi connectivity index (χ0) is 18.7. The van der Waals surface area contributed by atoms with E-state index in [1.165, 1.54) is 27.9 Å². The highest BCUT2D eigenvalue weighted by molar-refractivity contribution is 5.43. The molecular weight excluding hydrogens is 322 g/mol. The van der Waals surface area contributed by atoms with Crippen LogP contribution < -0.4 is 10.1 Å². The Morgan fingerprint density at radius 1 is 0.962 bits per heavy atom. The van der Waals surface area contributed by atoms with Gasteiger partial charge in [-0.3, -0.25) is 0 Å². The minimum Gasteiger partial charge on any atom is -0.496 e. The van der Waals surface area contributed by atoms with E-state index < -0.39 is 0 Å². The van der Waals surface area contributed by atoms with Crippen LogP contribution in [0.2, 0.25) is 0 Å². The summed E-state index contributed by atoms with van der Waals surface area (Å²) in [4.78, 5) is 0. The Bertz CT molecular complexity index is 874. The van der Waals surface area contributed by atoms with Crippen LogP contribution in [0.3, 0.4) is 0 Å². The lowest BCUT2D eigenvalue weighted by atomic mass is 10.1. The molecule has 2 aromatic carbocycles. The van der Waals surface area contributed by atoms with Crippen LogP contribution in [0.25, 0.3) is 5.69 Å². The molecule has 0 radical (unpaired) electrons. The van der Waals surface area contributed by atoms with Gasteiger partial charge in [-0.15, -0.1) is 0 Å². The number of ether oxygens (including phenoxy) is 1. The average molecular weight is 349 g/mol. The summed E-state index contributed by atoms with van der Waals surface area (Å²) in [6, 6.07) is 14.6. The second-order valence-electron chi connectivity index (χ2n) is 6.76. The highest BCUT2D eigenvalue weighted by Crippen LogP contribution is 2.24. The van der Waals surface area contributed by atoms with E-state index in [0.29, 0.717) is 0 Å². The maximum absolute atomic E-state index is 5.45. The van der Waals surface area contributed by atoms with Gasteiger partial charge in [0.15, 0.2) is 0 Å². The van der Waals surface area contributed by atoms with Crippen LogP contribution in [-0.4, -0.2) is 16.9 Å². The van der Waals surface area contributed by atoms with Gasteiger partial charge in [-0.1, -0.05) is 30.3 Å². The van der Waals surface area contributed by atoms with Crippen molar-refractivity contribution in [2.24, 2.45) is 0 Å². The van der Waals surface area contributed by atoms with E-state index >= 15 is 0 Å². The van der Waals surface area contributed by atoms with Gasteiger partial charge in [0.25, 0.3) is 0 Å². The summed E-state index contributed by atoms with van der Waals surface area (Å²) in [5, 5.41) is 8.28. The predicted octanol–water partition coefficient (Wildman–Crippen LogP) is 4.40. The Kier molecular flexibility index (Phi) is 5.43. The molecule has 0 bridgehead atoms. The van der Waals surface area contributed by atoms with Crippen molar-refractivity contribution < 1.29 is 4.74 Å². The summed E-state index contributed by atoms with van der Waals surface area (Å²) >= 11 is 0. The van der Waals surface area contributed by atoms with Gasteiger partial charge in [-0.25, -0.2) is 4.68 Å². The van der Waals surface area contributed by atoms with Crippen LogP contribution in [0.4, 0.5) is 0 Å². The lowest BCUT2D eigenvalue weighted by molar-refractivity contribution is 0.408. The molecule has 3 aromatic rings. The zero-order valence-electron chi connectivity index (χ0n) is 16.3. The van der Waals surface area contributed by atoms with Crippen molar-refractivity contribution in [3.63, 3.8) is 0 Å². The lowest BCUT2D eigenvalue weighted by Gasteiger charge is -2.12. The lowest BCUT2D eigenvalue weighted by Crippen LogP contribution is -2.14. The van der Waals surface area contributed by atoms with Crippen molar-refractivity contribution in [3.05, 3.63) is 76.1 Å². The van der Waals surface area contributed by atoms with Crippen molar-refractivity contribution in [3.8, 4) is 11.4 Å². The Hall–Kier alpha value is -2.59. The number of hydrogen-bond acceptors (Lipinski definition) is 3. The maximum atomic E-state index is 5.45. The van der Waals surface area contributed by atoms with Gasteiger partial charge in [0, 0.05) is 24.3 Å². The predicted molar refractivity (Wildman–Crippen MR) is 106 cm³/mol. The molecule has 0 saturated carbocycles. The minimum atomic E-state index is 0.800. The van der Waals surface area contributed by atoms with Gasteiger partial charge < -0.3 is 10.1 Å². The van der Waals surface area contributed by atoms with E-state index in [2.05, 4.69) is 57.3 Å². The normalized spacial score (nSPS) is 11.0. The molecular formula is C22H27N3O. The Morgan fingerprint density at radius 2 is 1.62 bits per heavy atom. The third-order valence-corrected chi connectivity index (χ3v) is 4.80. The van der Waals surface area contributed by atoms with E-state index in [0.717, 1.165) is 30.2 Å². The summed E-state index contributed by atoms with van der Waals surface area (Å²) in [6.45, 7) is 10.0. The fourth-order valence-corrected chi connectivity index (χ4v) is 3.55. The van der Waals surface area contributed by atoms with Gasteiger partial charge in [-0.05, 0) is 56.5 Å². The van der Waals surface area contributed by atoms with E-state index in [-0.39, 0.29) is 0 Å². The number of hydrogen-bond donors (Lipinski definition) is 1. The largest absolute Gasteiger partial charge is 0.496 e. The summed E-state index contributed by atoms with van der Waals surface area (Å²) in [5.41, 5.74) is 8.23. The van der Waals surface area contributed by atoms with Crippen LogP contribution in [0.5, 0.6) is 5.75 Å². The highest BCUT2D eigenvalue weighted by atomic mass is 16.5. The van der Waals surface area contributed by atoms with Crippen molar-refractivity contribution in [2.75, 3.05) is 7.11 Å². The highest BCUT2D eigenvalue weighted by Gasteiger charge is 2.12.